The van der Waals surface area contributed by atoms with Gasteiger partial charge in [-0.05, 0) is 53.8 Å². The van der Waals surface area contributed by atoms with Crippen molar-refractivity contribution in [2.24, 2.45) is 0 Å². The Morgan fingerprint density at radius 3 is 2.09 bits per heavy atom. The van der Waals surface area contributed by atoms with Gasteiger partial charge in [-0.1, -0.05) is 30.3 Å². The molecule has 0 amide bonds. The lowest BCUT2D eigenvalue weighted by atomic mass is 10.0. The minimum atomic E-state index is -4.75. The maximum Gasteiger partial charge on any atom is 0.433 e. The van der Waals surface area contributed by atoms with E-state index >= 15 is 0 Å². The third-order valence-corrected chi connectivity index (χ3v) is 5.69. The first-order valence-corrected chi connectivity index (χ1v) is 10.2. The number of alkyl halides is 6. The van der Waals surface area contributed by atoms with Gasteiger partial charge in [-0.15, -0.1) is 11.3 Å². The summed E-state index contributed by atoms with van der Waals surface area (Å²) in [6.07, 6.45) is -9.31. The topological polar surface area (TPSA) is 25.8 Å². The third kappa shape index (κ3) is 4.52. The maximum atomic E-state index is 13.5. The molecule has 4 rings (SSSR count). The van der Waals surface area contributed by atoms with Crippen LogP contribution in [0.25, 0.3) is 33.1 Å². The van der Waals surface area contributed by atoms with Gasteiger partial charge < -0.3 is 0 Å². The first kappa shape index (κ1) is 22.0. The van der Waals surface area contributed by atoms with Crippen molar-refractivity contribution in [2.75, 3.05) is 0 Å². The van der Waals surface area contributed by atoms with Crippen LogP contribution < -0.4 is 0 Å². The van der Waals surface area contributed by atoms with Gasteiger partial charge in [-0.25, -0.2) is 9.97 Å². The Morgan fingerprint density at radius 1 is 0.719 bits per heavy atom. The maximum absolute atomic E-state index is 13.5. The molecule has 0 saturated heterocycles. The van der Waals surface area contributed by atoms with Crippen LogP contribution in [0.1, 0.15) is 16.8 Å². The van der Waals surface area contributed by atoms with Crippen molar-refractivity contribution < 1.29 is 26.3 Å². The van der Waals surface area contributed by atoms with E-state index in [-0.39, 0.29) is 22.6 Å². The SMILES string of the molecule is Cc1cc(-c2cc(C(F)(F)F)nc(-c3cccc(-c4cccs4)c3)n2)ccc1C(F)(F)F. The van der Waals surface area contributed by atoms with Gasteiger partial charge >= 0.3 is 12.4 Å². The zero-order valence-corrected chi connectivity index (χ0v) is 17.2. The van der Waals surface area contributed by atoms with Crippen LogP contribution in [0, 0.1) is 6.92 Å². The van der Waals surface area contributed by atoms with E-state index in [0.717, 1.165) is 28.6 Å². The normalized spacial score (nSPS) is 12.2. The quantitative estimate of drug-likeness (QED) is 0.288. The molecule has 0 bridgehead atoms. The van der Waals surface area contributed by atoms with Crippen LogP contribution >= 0.6 is 11.3 Å². The molecule has 2 nitrogen and oxygen atoms in total. The Morgan fingerprint density at radius 2 is 1.47 bits per heavy atom. The van der Waals surface area contributed by atoms with Crippen LogP contribution in [0.3, 0.4) is 0 Å². The van der Waals surface area contributed by atoms with Gasteiger partial charge in [-0.2, -0.15) is 26.3 Å². The molecule has 2 aromatic carbocycles. The van der Waals surface area contributed by atoms with E-state index in [1.165, 1.54) is 24.3 Å². The smallest absolute Gasteiger partial charge is 0.228 e. The molecule has 0 aliphatic rings. The molecule has 0 spiro atoms. The van der Waals surface area contributed by atoms with E-state index in [4.69, 9.17) is 0 Å². The van der Waals surface area contributed by atoms with E-state index in [1.54, 1.807) is 18.2 Å². The van der Waals surface area contributed by atoms with Crippen molar-refractivity contribution in [1.82, 2.24) is 9.97 Å². The highest BCUT2D eigenvalue weighted by Crippen LogP contribution is 2.36. The van der Waals surface area contributed by atoms with Crippen LogP contribution in [0.15, 0.2) is 66.0 Å². The summed E-state index contributed by atoms with van der Waals surface area (Å²) in [7, 11) is 0. The fourth-order valence-electron chi connectivity index (χ4n) is 3.26. The van der Waals surface area contributed by atoms with Gasteiger partial charge in [0.25, 0.3) is 0 Å². The summed E-state index contributed by atoms with van der Waals surface area (Å²) in [5, 5.41) is 1.88. The van der Waals surface area contributed by atoms with Crippen LogP contribution in [-0.2, 0) is 12.4 Å². The number of aromatic nitrogens is 2. The zero-order chi connectivity index (χ0) is 23.1. The van der Waals surface area contributed by atoms with Gasteiger partial charge in [0.05, 0.1) is 11.3 Å². The van der Waals surface area contributed by atoms with Gasteiger partial charge in [-0.3, -0.25) is 0 Å². The van der Waals surface area contributed by atoms with Crippen molar-refractivity contribution in [3.63, 3.8) is 0 Å². The summed E-state index contributed by atoms with van der Waals surface area (Å²) in [5.74, 6) is -0.161. The highest BCUT2D eigenvalue weighted by atomic mass is 32.1. The Balaban J connectivity index is 1.85. The number of halogens is 6. The van der Waals surface area contributed by atoms with Gasteiger partial charge in [0.1, 0.15) is 5.69 Å². The van der Waals surface area contributed by atoms with E-state index in [1.807, 2.05) is 23.6 Å². The molecule has 164 valence electrons. The summed E-state index contributed by atoms with van der Waals surface area (Å²) >= 11 is 1.48. The predicted octanol–water partition coefficient (Wildman–Crippen LogP) is 7.89. The van der Waals surface area contributed by atoms with Crippen LogP contribution in [0.2, 0.25) is 0 Å². The number of thiophene rings is 1. The highest BCUT2D eigenvalue weighted by Gasteiger charge is 2.35. The van der Waals surface area contributed by atoms with Crippen molar-refractivity contribution in [3.8, 4) is 33.1 Å². The average molecular weight is 464 g/mol. The van der Waals surface area contributed by atoms with Crippen molar-refractivity contribution >= 4 is 11.3 Å². The monoisotopic (exact) mass is 464 g/mol. The largest absolute Gasteiger partial charge is 0.433 e. The highest BCUT2D eigenvalue weighted by molar-refractivity contribution is 7.13. The summed E-state index contributed by atoms with van der Waals surface area (Å²) in [6.45, 7) is 1.25. The lowest BCUT2D eigenvalue weighted by molar-refractivity contribution is -0.141. The van der Waals surface area contributed by atoms with Crippen molar-refractivity contribution in [2.45, 2.75) is 19.3 Å². The Labute approximate surface area is 183 Å². The van der Waals surface area contributed by atoms with E-state index in [2.05, 4.69) is 9.97 Å². The summed E-state index contributed by atoms with van der Waals surface area (Å²) < 4.78 is 79.8. The molecule has 2 heterocycles. The van der Waals surface area contributed by atoms with Crippen molar-refractivity contribution in [1.29, 1.82) is 0 Å². The molecular formula is C23H14F6N2S. The fraction of sp³-hybridized carbons (Fsp3) is 0.130. The van der Waals surface area contributed by atoms with Crippen LogP contribution in [0.5, 0.6) is 0 Å². The summed E-state index contributed by atoms with van der Waals surface area (Å²) in [4.78, 5) is 8.87. The predicted molar refractivity (Wildman–Crippen MR) is 111 cm³/mol. The molecule has 0 saturated carbocycles. The fourth-order valence-corrected chi connectivity index (χ4v) is 3.99. The molecular weight excluding hydrogens is 450 g/mol. The first-order valence-electron chi connectivity index (χ1n) is 9.31. The standard InChI is InChI=1S/C23H14F6N2S/c1-13-10-14(7-8-17(13)22(24,25)26)18-12-20(23(27,28)29)31-21(30-18)16-5-2-4-15(11-16)19-6-3-9-32-19/h2-12H,1H3. The molecule has 0 unspecified atom stereocenters. The van der Waals surface area contributed by atoms with Crippen LogP contribution in [0.4, 0.5) is 26.3 Å². The molecule has 32 heavy (non-hydrogen) atoms. The zero-order valence-electron chi connectivity index (χ0n) is 16.4. The summed E-state index contributed by atoms with van der Waals surface area (Å²) in [6, 6.07) is 14.4. The number of hydrogen-bond acceptors (Lipinski definition) is 3. The Kier molecular flexibility index (Phi) is 5.54. The molecule has 0 N–H and O–H groups in total. The Hall–Kier alpha value is -3.20. The minimum absolute atomic E-state index is 0.108. The Bertz CT molecular complexity index is 1260. The van der Waals surface area contributed by atoms with E-state index < -0.39 is 23.6 Å². The molecule has 0 aliphatic carbocycles. The molecule has 0 atom stereocenters. The molecule has 2 aromatic heterocycles. The molecule has 4 aromatic rings. The van der Waals surface area contributed by atoms with Crippen molar-refractivity contribution in [3.05, 3.63) is 82.9 Å². The molecule has 0 radical (unpaired) electrons. The number of benzene rings is 2. The molecule has 0 aliphatic heterocycles. The second-order valence-corrected chi connectivity index (χ2v) is 7.99. The van der Waals surface area contributed by atoms with Gasteiger partial charge in [0.15, 0.2) is 5.82 Å². The second-order valence-electron chi connectivity index (χ2n) is 7.05. The molecule has 9 heteroatoms. The van der Waals surface area contributed by atoms with Crippen LogP contribution in [-0.4, -0.2) is 9.97 Å². The second kappa shape index (κ2) is 8.05. The lowest BCUT2D eigenvalue weighted by Crippen LogP contribution is -2.11. The van der Waals surface area contributed by atoms with E-state index in [0.29, 0.717) is 5.56 Å². The van der Waals surface area contributed by atoms with Gasteiger partial charge in [0, 0.05) is 16.0 Å². The minimum Gasteiger partial charge on any atom is -0.228 e. The first-order chi connectivity index (χ1) is 15.0. The number of hydrogen-bond donors (Lipinski definition) is 0. The summed E-state index contributed by atoms with van der Waals surface area (Å²) in [5.41, 5.74) is -0.938. The van der Waals surface area contributed by atoms with Gasteiger partial charge in [0.2, 0.25) is 0 Å². The number of nitrogens with zero attached hydrogens (tertiary/aromatic N) is 2. The van der Waals surface area contributed by atoms with E-state index in [9.17, 15) is 26.3 Å². The average Bonchev–Trinajstić information content (AvgIpc) is 3.27. The lowest BCUT2D eigenvalue weighted by Gasteiger charge is -2.14. The number of rotatable bonds is 3. The molecule has 0 fully saturated rings. The number of aryl methyl sites for hydroxylation is 1. The third-order valence-electron chi connectivity index (χ3n) is 4.77.